The molecule has 0 atom stereocenters. The maximum absolute atomic E-state index is 13.7. The molecule has 0 radical (unpaired) electrons. The van der Waals surface area contributed by atoms with E-state index in [0.717, 1.165) is 0 Å². The molecule has 0 aliphatic carbocycles. The van der Waals surface area contributed by atoms with E-state index >= 15 is 0 Å². The Bertz CT molecular complexity index is 942. The third kappa shape index (κ3) is 1.46. The molecule has 98 valence electrons. The van der Waals surface area contributed by atoms with Gasteiger partial charge in [-0.2, -0.15) is 4.98 Å². The van der Waals surface area contributed by atoms with Gasteiger partial charge in [0, 0.05) is 5.39 Å². The summed E-state index contributed by atoms with van der Waals surface area (Å²) in [5.74, 6) is 0.0746. The number of aromatic amines is 1. The number of nitrogens with zero attached hydrogens (tertiary/aromatic N) is 3. The van der Waals surface area contributed by atoms with Crippen LogP contribution in [0.15, 0.2) is 35.0 Å². The average Bonchev–Trinajstić information content (AvgIpc) is 3.04. The highest BCUT2D eigenvalue weighted by atomic mass is 19.1. The number of para-hydroxylation sites is 1. The van der Waals surface area contributed by atoms with Crippen LogP contribution in [-0.4, -0.2) is 19.9 Å². The third-order valence-corrected chi connectivity index (χ3v) is 3.03. The summed E-state index contributed by atoms with van der Waals surface area (Å²) < 4.78 is 19.2. The predicted molar refractivity (Wildman–Crippen MR) is 71.3 cm³/mol. The first-order chi connectivity index (χ1) is 9.72. The summed E-state index contributed by atoms with van der Waals surface area (Å²) >= 11 is 0. The zero-order chi connectivity index (χ0) is 13.7. The van der Waals surface area contributed by atoms with Crippen molar-refractivity contribution in [1.82, 2.24) is 19.9 Å². The number of aromatic nitrogens is 4. The van der Waals surface area contributed by atoms with E-state index in [9.17, 15) is 4.39 Å². The van der Waals surface area contributed by atoms with Crippen molar-refractivity contribution in [1.29, 1.82) is 0 Å². The molecule has 3 N–H and O–H groups in total. The molecule has 0 saturated carbocycles. The van der Waals surface area contributed by atoms with Crippen molar-refractivity contribution in [3.05, 3.63) is 36.4 Å². The molecule has 7 heteroatoms. The predicted octanol–water partition coefficient (Wildman–Crippen LogP) is 2.49. The number of benzene rings is 1. The summed E-state index contributed by atoms with van der Waals surface area (Å²) in [6, 6.07) is 6.44. The maximum atomic E-state index is 13.7. The molecule has 0 aliphatic rings. The number of furan rings is 1. The maximum Gasteiger partial charge on any atom is 0.222 e. The molecule has 0 aliphatic heterocycles. The van der Waals surface area contributed by atoms with Gasteiger partial charge < -0.3 is 15.1 Å². The number of nitrogens with two attached hydrogens (primary N) is 1. The molecule has 0 fully saturated rings. The number of rotatable bonds is 1. The van der Waals surface area contributed by atoms with Gasteiger partial charge >= 0.3 is 0 Å². The summed E-state index contributed by atoms with van der Waals surface area (Å²) in [5, 5.41) is 0.657. The molecule has 1 aromatic carbocycles. The second kappa shape index (κ2) is 3.77. The molecule has 4 rings (SSSR count). The molecule has 3 aromatic heterocycles. The van der Waals surface area contributed by atoms with Crippen molar-refractivity contribution in [3.63, 3.8) is 0 Å². The molecule has 0 saturated heterocycles. The largest absolute Gasteiger partial charge is 0.451 e. The van der Waals surface area contributed by atoms with E-state index in [-0.39, 0.29) is 11.5 Å². The zero-order valence-electron chi connectivity index (χ0n) is 10.1. The molecule has 6 nitrogen and oxygen atoms in total. The van der Waals surface area contributed by atoms with E-state index in [2.05, 4.69) is 19.9 Å². The van der Waals surface area contributed by atoms with Crippen LogP contribution in [0.2, 0.25) is 0 Å². The SMILES string of the molecule is Nc1nc(-c2cc3cccc(F)c3o2)c2[nH]cnc2n1. The summed E-state index contributed by atoms with van der Waals surface area (Å²) in [4.78, 5) is 15.1. The van der Waals surface area contributed by atoms with E-state index in [0.29, 0.717) is 28.0 Å². The summed E-state index contributed by atoms with van der Waals surface area (Å²) in [5.41, 5.74) is 7.33. The molecule has 4 aromatic rings. The first kappa shape index (κ1) is 10.9. The third-order valence-electron chi connectivity index (χ3n) is 3.03. The highest BCUT2D eigenvalue weighted by Gasteiger charge is 2.16. The van der Waals surface area contributed by atoms with Crippen molar-refractivity contribution in [2.24, 2.45) is 0 Å². The smallest absolute Gasteiger partial charge is 0.222 e. The summed E-state index contributed by atoms with van der Waals surface area (Å²) in [6.45, 7) is 0. The van der Waals surface area contributed by atoms with Gasteiger partial charge in [0.1, 0.15) is 11.2 Å². The highest BCUT2D eigenvalue weighted by Crippen LogP contribution is 2.31. The van der Waals surface area contributed by atoms with Crippen LogP contribution in [-0.2, 0) is 0 Å². The Hall–Kier alpha value is -2.96. The van der Waals surface area contributed by atoms with Crippen molar-refractivity contribution in [3.8, 4) is 11.5 Å². The van der Waals surface area contributed by atoms with Crippen LogP contribution < -0.4 is 5.73 Å². The van der Waals surface area contributed by atoms with Crippen molar-refractivity contribution < 1.29 is 8.81 Å². The zero-order valence-corrected chi connectivity index (χ0v) is 10.1. The number of H-pyrrole nitrogens is 1. The van der Waals surface area contributed by atoms with Gasteiger partial charge in [-0.05, 0) is 12.1 Å². The Kier molecular flexibility index (Phi) is 2.06. The minimum Gasteiger partial charge on any atom is -0.451 e. The van der Waals surface area contributed by atoms with Crippen LogP contribution in [0.4, 0.5) is 10.3 Å². The Balaban J connectivity index is 2.05. The van der Waals surface area contributed by atoms with Crippen LogP contribution in [0.5, 0.6) is 0 Å². The number of nitrogens with one attached hydrogen (secondary N) is 1. The fraction of sp³-hybridized carbons (Fsp3) is 0. The van der Waals surface area contributed by atoms with Crippen molar-refractivity contribution in [2.75, 3.05) is 5.73 Å². The fourth-order valence-electron chi connectivity index (χ4n) is 2.17. The molecule has 3 heterocycles. The lowest BCUT2D eigenvalue weighted by Gasteiger charge is -1.99. The number of fused-ring (bicyclic) bond motifs is 2. The van der Waals surface area contributed by atoms with Gasteiger partial charge in [0.05, 0.1) is 6.33 Å². The minimum atomic E-state index is -0.420. The molecular weight excluding hydrogens is 261 g/mol. The van der Waals surface area contributed by atoms with Crippen molar-refractivity contribution in [2.45, 2.75) is 0 Å². The van der Waals surface area contributed by atoms with Gasteiger partial charge in [-0.15, -0.1) is 0 Å². The van der Waals surface area contributed by atoms with Crippen LogP contribution in [0.25, 0.3) is 33.6 Å². The van der Waals surface area contributed by atoms with Gasteiger partial charge in [-0.25, -0.2) is 14.4 Å². The second-order valence-corrected chi connectivity index (χ2v) is 4.30. The standard InChI is InChI=1S/C13H8FN5O/c14-7-3-1-2-6-4-8(20-11(6)7)9-10-12(17-5-16-10)19-13(15)18-9/h1-5H,(H3,15,16,17,18,19). The number of imidazole rings is 1. The molecule has 20 heavy (non-hydrogen) atoms. The Morgan fingerprint density at radius 3 is 3.00 bits per heavy atom. The number of nitrogen functional groups attached to an aromatic ring is 1. The number of hydrogen-bond acceptors (Lipinski definition) is 5. The van der Waals surface area contributed by atoms with Gasteiger partial charge in [0.25, 0.3) is 0 Å². The van der Waals surface area contributed by atoms with Crippen LogP contribution in [0.3, 0.4) is 0 Å². The van der Waals surface area contributed by atoms with Gasteiger partial charge in [-0.3, -0.25) is 0 Å². The average molecular weight is 269 g/mol. The second-order valence-electron chi connectivity index (χ2n) is 4.30. The number of anilines is 1. The van der Waals surface area contributed by atoms with Gasteiger partial charge in [0.15, 0.2) is 22.8 Å². The molecule has 0 bridgehead atoms. The highest BCUT2D eigenvalue weighted by molar-refractivity contribution is 5.90. The number of hydrogen-bond donors (Lipinski definition) is 2. The van der Waals surface area contributed by atoms with E-state index in [4.69, 9.17) is 10.2 Å². The normalized spacial score (nSPS) is 11.4. The molecule has 0 spiro atoms. The monoisotopic (exact) mass is 269 g/mol. The van der Waals surface area contributed by atoms with Crippen molar-refractivity contribution >= 4 is 28.1 Å². The molecule has 0 amide bonds. The Labute approximate surface area is 111 Å². The lowest BCUT2D eigenvalue weighted by atomic mass is 10.2. The van der Waals surface area contributed by atoms with E-state index in [1.807, 2.05) is 0 Å². The van der Waals surface area contributed by atoms with E-state index < -0.39 is 5.82 Å². The number of halogens is 1. The quantitative estimate of drug-likeness (QED) is 0.553. The first-order valence-electron chi connectivity index (χ1n) is 5.87. The Morgan fingerprint density at radius 1 is 1.25 bits per heavy atom. The lowest BCUT2D eigenvalue weighted by Crippen LogP contribution is -1.97. The molecule has 0 unspecified atom stereocenters. The van der Waals surface area contributed by atoms with Gasteiger partial charge in [-0.1, -0.05) is 12.1 Å². The first-order valence-corrected chi connectivity index (χ1v) is 5.87. The fourth-order valence-corrected chi connectivity index (χ4v) is 2.17. The van der Waals surface area contributed by atoms with Crippen LogP contribution >= 0.6 is 0 Å². The minimum absolute atomic E-state index is 0.0838. The van der Waals surface area contributed by atoms with Gasteiger partial charge in [0.2, 0.25) is 5.95 Å². The van der Waals surface area contributed by atoms with E-state index in [1.165, 1.54) is 12.4 Å². The summed E-state index contributed by atoms with van der Waals surface area (Å²) in [6.07, 6.45) is 1.49. The molecular formula is C13H8FN5O. The van der Waals surface area contributed by atoms with Crippen LogP contribution in [0.1, 0.15) is 0 Å². The van der Waals surface area contributed by atoms with E-state index in [1.54, 1.807) is 18.2 Å². The lowest BCUT2D eigenvalue weighted by molar-refractivity contribution is 0.568. The summed E-state index contributed by atoms with van der Waals surface area (Å²) in [7, 11) is 0. The Morgan fingerprint density at radius 2 is 2.15 bits per heavy atom. The van der Waals surface area contributed by atoms with Crippen LogP contribution in [0, 0.1) is 5.82 Å². The topological polar surface area (TPSA) is 93.6 Å².